The number of para-hydroxylation sites is 1. The van der Waals surface area contributed by atoms with Gasteiger partial charge >= 0.3 is 0 Å². The summed E-state index contributed by atoms with van der Waals surface area (Å²) in [5.41, 5.74) is 0.497. The molecule has 11 nitrogen and oxygen atoms in total. The van der Waals surface area contributed by atoms with Gasteiger partial charge < -0.3 is 14.8 Å². The van der Waals surface area contributed by atoms with E-state index in [9.17, 15) is 19.7 Å². The first-order valence-electron chi connectivity index (χ1n) is 9.16. The SMILES string of the molecule is O=C(CSc1nnc(NC(=O)c2ccccc2[N+](=O)[O-])s1)NCc1ccc2c(c1)OCO2. The Labute approximate surface area is 189 Å². The first-order chi connectivity index (χ1) is 15.5. The van der Waals surface area contributed by atoms with Crippen molar-refractivity contribution in [3.05, 3.63) is 63.7 Å². The maximum atomic E-state index is 12.3. The lowest BCUT2D eigenvalue weighted by Crippen LogP contribution is -2.24. The number of amides is 2. The van der Waals surface area contributed by atoms with Crippen LogP contribution in [0.2, 0.25) is 0 Å². The van der Waals surface area contributed by atoms with E-state index < -0.39 is 10.8 Å². The molecule has 0 atom stereocenters. The molecule has 32 heavy (non-hydrogen) atoms. The molecule has 1 aliphatic heterocycles. The molecule has 4 rings (SSSR count). The molecule has 0 aliphatic carbocycles. The number of anilines is 1. The van der Waals surface area contributed by atoms with Gasteiger partial charge in [0.05, 0.1) is 10.7 Å². The minimum absolute atomic E-state index is 0.0789. The van der Waals surface area contributed by atoms with Crippen LogP contribution in [0.5, 0.6) is 11.5 Å². The number of aromatic nitrogens is 2. The van der Waals surface area contributed by atoms with E-state index in [1.54, 1.807) is 6.07 Å². The van der Waals surface area contributed by atoms with Crippen molar-refractivity contribution in [3.8, 4) is 11.5 Å². The van der Waals surface area contributed by atoms with Gasteiger partial charge in [-0.3, -0.25) is 25.0 Å². The molecule has 2 N–H and O–H groups in total. The molecule has 164 valence electrons. The van der Waals surface area contributed by atoms with Crippen LogP contribution in [0.25, 0.3) is 0 Å². The number of nitro benzene ring substituents is 1. The van der Waals surface area contributed by atoms with Crippen molar-refractivity contribution in [2.45, 2.75) is 10.9 Å². The van der Waals surface area contributed by atoms with E-state index in [4.69, 9.17) is 9.47 Å². The van der Waals surface area contributed by atoms with E-state index in [2.05, 4.69) is 20.8 Å². The highest BCUT2D eigenvalue weighted by atomic mass is 32.2. The topological polar surface area (TPSA) is 146 Å². The van der Waals surface area contributed by atoms with E-state index in [-0.39, 0.29) is 34.8 Å². The average molecular weight is 473 g/mol. The molecule has 0 saturated heterocycles. The smallest absolute Gasteiger partial charge is 0.282 e. The van der Waals surface area contributed by atoms with E-state index in [1.165, 1.54) is 24.3 Å². The molecule has 13 heteroatoms. The average Bonchev–Trinajstić information content (AvgIpc) is 3.45. The maximum Gasteiger partial charge on any atom is 0.282 e. The molecule has 3 aromatic rings. The van der Waals surface area contributed by atoms with E-state index >= 15 is 0 Å². The quantitative estimate of drug-likeness (QED) is 0.218. The summed E-state index contributed by atoms with van der Waals surface area (Å²) in [7, 11) is 0. The van der Waals surface area contributed by atoms with Gasteiger partial charge in [-0.15, -0.1) is 10.2 Å². The number of nitrogens with one attached hydrogen (secondary N) is 2. The fraction of sp³-hybridized carbons (Fsp3) is 0.158. The van der Waals surface area contributed by atoms with Crippen LogP contribution >= 0.6 is 23.1 Å². The molecule has 2 aromatic carbocycles. The van der Waals surface area contributed by atoms with Gasteiger partial charge in [0.25, 0.3) is 11.6 Å². The highest BCUT2D eigenvalue weighted by Gasteiger charge is 2.20. The number of nitrogens with zero attached hydrogens (tertiary/aromatic N) is 3. The van der Waals surface area contributed by atoms with Crippen molar-refractivity contribution in [2.24, 2.45) is 0 Å². The van der Waals surface area contributed by atoms with Gasteiger partial charge in [0, 0.05) is 12.6 Å². The Morgan fingerprint density at radius 3 is 2.81 bits per heavy atom. The molecule has 0 spiro atoms. The summed E-state index contributed by atoms with van der Waals surface area (Å²) in [4.78, 5) is 34.9. The molecule has 2 heterocycles. The first kappa shape index (κ1) is 21.5. The second kappa shape index (κ2) is 9.62. The third kappa shape index (κ3) is 5.12. The van der Waals surface area contributed by atoms with Crippen LogP contribution in [0.15, 0.2) is 46.8 Å². The first-order valence-corrected chi connectivity index (χ1v) is 11.0. The fourth-order valence-electron chi connectivity index (χ4n) is 2.74. The number of rotatable bonds is 8. The van der Waals surface area contributed by atoms with Crippen LogP contribution in [0, 0.1) is 10.1 Å². The number of hydrogen-bond acceptors (Lipinski definition) is 10. The van der Waals surface area contributed by atoms with Gasteiger partial charge in [0.2, 0.25) is 17.8 Å². The number of thioether (sulfide) groups is 1. The van der Waals surface area contributed by atoms with Gasteiger partial charge in [0.1, 0.15) is 5.56 Å². The van der Waals surface area contributed by atoms with Crippen molar-refractivity contribution in [1.82, 2.24) is 15.5 Å². The molecular weight excluding hydrogens is 458 g/mol. The third-order valence-electron chi connectivity index (χ3n) is 4.23. The van der Waals surface area contributed by atoms with Crippen LogP contribution in [0.3, 0.4) is 0 Å². The molecule has 0 unspecified atom stereocenters. The van der Waals surface area contributed by atoms with Crippen molar-refractivity contribution >= 4 is 45.7 Å². The predicted octanol–water partition coefficient (Wildman–Crippen LogP) is 2.84. The second-order valence-corrected chi connectivity index (χ2v) is 8.55. The monoisotopic (exact) mass is 473 g/mol. The number of benzene rings is 2. The zero-order valence-corrected chi connectivity index (χ0v) is 17.9. The van der Waals surface area contributed by atoms with Gasteiger partial charge in [-0.05, 0) is 23.8 Å². The largest absolute Gasteiger partial charge is 0.454 e. The summed E-state index contributed by atoms with van der Waals surface area (Å²) in [5, 5.41) is 24.3. The Morgan fingerprint density at radius 2 is 1.97 bits per heavy atom. The van der Waals surface area contributed by atoms with Crippen molar-refractivity contribution < 1.29 is 24.0 Å². The minimum Gasteiger partial charge on any atom is -0.454 e. The van der Waals surface area contributed by atoms with Gasteiger partial charge in [-0.2, -0.15) is 0 Å². The number of carbonyl (C=O) groups is 2. The normalized spacial score (nSPS) is 11.8. The van der Waals surface area contributed by atoms with Gasteiger partial charge in [-0.1, -0.05) is 41.3 Å². The van der Waals surface area contributed by atoms with Gasteiger partial charge in [-0.25, -0.2) is 0 Å². The number of fused-ring (bicyclic) bond motifs is 1. The number of carbonyl (C=O) groups excluding carboxylic acids is 2. The summed E-state index contributed by atoms with van der Waals surface area (Å²) in [6.45, 7) is 0.525. The summed E-state index contributed by atoms with van der Waals surface area (Å²) in [6.07, 6.45) is 0. The van der Waals surface area contributed by atoms with Crippen molar-refractivity contribution in [2.75, 3.05) is 17.9 Å². The molecule has 0 saturated carbocycles. The van der Waals surface area contributed by atoms with Crippen molar-refractivity contribution in [3.63, 3.8) is 0 Å². The fourth-order valence-corrected chi connectivity index (χ4v) is 4.31. The predicted molar refractivity (Wildman–Crippen MR) is 116 cm³/mol. The summed E-state index contributed by atoms with van der Waals surface area (Å²) in [5.74, 6) is 0.573. The van der Waals surface area contributed by atoms with E-state index in [1.807, 2.05) is 12.1 Å². The second-order valence-electron chi connectivity index (χ2n) is 6.35. The van der Waals surface area contributed by atoms with E-state index in [0.717, 1.165) is 28.7 Å². The van der Waals surface area contributed by atoms with Crippen LogP contribution < -0.4 is 20.1 Å². The highest BCUT2D eigenvalue weighted by Crippen LogP contribution is 2.32. The molecule has 1 aromatic heterocycles. The maximum absolute atomic E-state index is 12.3. The molecule has 0 fully saturated rings. The van der Waals surface area contributed by atoms with Gasteiger partial charge in [0.15, 0.2) is 15.8 Å². The molecular formula is C19H15N5O6S2. The van der Waals surface area contributed by atoms with Crippen molar-refractivity contribution in [1.29, 1.82) is 0 Å². The summed E-state index contributed by atoms with van der Waals surface area (Å²) in [6, 6.07) is 11.1. The highest BCUT2D eigenvalue weighted by molar-refractivity contribution is 8.01. The number of hydrogen-bond donors (Lipinski definition) is 2. The molecule has 0 bridgehead atoms. The molecule has 2 amide bonds. The lowest BCUT2D eigenvalue weighted by Gasteiger charge is -2.05. The third-order valence-corrected chi connectivity index (χ3v) is 6.20. The Hall–Kier alpha value is -3.71. The Morgan fingerprint density at radius 1 is 1.16 bits per heavy atom. The lowest BCUT2D eigenvalue weighted by molar-refractivity contribution is -0.385. The van der Waals surface area contributed by atoms with E-state index in [0.29, 0.717) is 22.4 Å². The molecule has 1 aliphatic rings. The van der Waals surface area contributed by atoms with Crippen LogP contribution in [0.4, 0.5) is 10.8 Å². The zero-order chi connectivity index (χ0) is 22.5. The lowest BCUT2D eigenvalue weighted by atomic mass is 10.1. The van der Waals surface area contributed by atoms with Crippen LogP contribution in [0.1, 0.15) is 15.9 Å². The summed E-state index contributed by atoms with van der Waals surface area (Å²) < 4.78 is 11.0. The standard InChI is InChI=1S/C19H15N5O6S2/c25-16(20-8-11-5-6-14-15(7-11)30-10-29-14)9-31-19-23-22-18(32-19)21-17(26)12-3-1-2-4-13(12)24(27)28/h1-7H,8-10H2,(H,20,25)(H,21,22,26). The zero-order valence-electron chi connectivity index (χ0n) is 16.3. The Kier molecular flexibility index (Phi) is 6.47. The van der Waals surface area contributed by atoms with Crippen LogP contribution in [-0.2, 0) is 11.3 Å². The Balaban J connectivity index is 1.26. The Bertz CT molecular complexity index is 1180. The minimum atomic E-state index is -0.661. The summed E-state index contributed by atoms with van der Waals surface area (Å²) >= 11 is 2.23. The number of ether oxygens (including phenoxy) is 2. The number of nitro groups is 1. The van der Waals surface area contributed by atoms with Crippen LogP contribution in [-0.4, -0.2) is 39.5 Å². The molecule has 0 radical (unpaired) electrons.